The fourth-order valence-corrected chi connectivity index (χ4v) is 3.37. The van der Waals surface area contributed by atoms with Gasteiger partial charge in [0.1, 0.15) is 5.01 Å². The average molecular weight is 268 g/mol. The molecule has 18 heavy (non-hydrogen) atoms. The molecule has 100 valence electrons. The molecule has 0 aliphatic carbocycles. The Hall–Kier alpha value is -0.940. The summed E-state index contributed by atoms with van der Waals surface area (Å²) in [4.78, 5) is 18.1. The van der Waals surface area contributed by atoms with Crippen molar-refractivity contribution >= 4 is 17.3 Å². The molecule has 0 bridgehead atoms. The van der Waals surface area contributed by atoms with Crippen LogP contribution in [-0.4, -0.2) is 34.0 Å². The van der Waals surface area contributed by atoms with Crippen molar-refractivity contribution in [3.63, 3.8) is 0 Å². The van der Waals surface area contributed by atoms with Gasteiger partial charge in [-0.05, 0) is 32.4 Å². The number of piperidine rings is 1. The van der Waals surface area contributed by atoms with Gasteiger partial charge in [0, 0.05) is 11.6 Å². The van der Waals surface area contributed by atoms with Crippen LogP contribution < -0.4 is 0 Å². The van der Waals surface area contributed by atoms with Crippen LogP contribution in [0.4, 0.5) is 0 Å². The molecule has 0 aromatic carbocycles. The minimum Gasteiger partial charge on any atom is -0.481 e. The number of hydrogen-bond donors (Lipinski definition) is 1. The summed E-state index contributed by atoms with van der Waals surface area (Å²) in [5, 5.41) is 12.5. The molecule has 1 aliphatic rings. The lowest BCUT2D eigenvalue weighted by molar-refractivity contribution is -0.152. The lowest BCUT2D eigenvalue weighted by Gasteiger charge is -2.38. The molecule has 5 heteroatoms. The van der Waals surface area contributed by atoms with Crippen molar-refractivity contribution in [1.82, 2.24) is 9.88 Å². The summed E-state index contributed by atoms with van der Waals surface area (Å²) in [6.45, 7) is 4.66. The Labute approximate surface area is 112 Å². The highest BCUT2D eigenvalue weighted by atomic mass is 32.1. The van der Waals surface area contributed by atoms with Crippen molar-refractivity contribution < 1.29 is 9.90 Å². The zero-order valence-corrected chi connectivity index (χ0v) is 11.6. The summed E-state index contributed by atoms with van der Waals surface area (Å²) in [5.74, 6) is -0.613. The maximum atomic E-state index is 11.5. The number of carboxylic acid groups (broad SMARTS) is 1. The summed E-state index contributed by atoms with van der Waals surface area (Å²) in [6.07, 6.45) is 5.10. The van der Waals surface area contributed by atoms with E-state index in [9.17, 15) is 9.90 Å². The van der Waals surface area contributed by atoms with E-state index in [0.717, 1.165) is 50.3 Å². The van der Waals surface area contributed by atoms with Crippen LogP contribution in [0.3, 0.4) is 0 Å². The van der Waals surface area contributed by atoms with Crippen LogP contribution in [0.15, 0.2) is 11.6 Å². The predicted molar refractivity (Wildman–Crippen MR) is 71.6 cm³/mol. The van der Waals surface area contributed by atoms with Gasteiger partial charge in [-0.3, -0.25) is 9.69 Å². The first-order valence-electron chi connectivity index (χ1n) is 6.50. The highest BCUT2D eigenvalue weighted by Gasteiger charge is 2.40. The van der Waals surface area contributed by atoms with Gasteiger partial charge in [0.25, 0.3) is 0 Å². The molecule has 0 amide bonds. The SMILES string of the molecule is CCCC1(C(=O)O)CCN(Cc2nccs2)CC1. The number of aliphatic carboxylic acids is 1. The molecule has 0 atom stereocenters. The van der Waals surface area contributed by atoms with Crippen LogP contribution >= 0.6 is 11.3 Å². The molecule has 2 rings (SSSR count). The Morgan fingerprint density at radius 2 is 2.28 bits per heavy atom. The molecular formula is C13H20N2O2S. The van der Waals surface area contributed by atoms with E-state index < -0.39 is 11.4 Å². The van der Waals surface area contributed by atoms with E-state index in [1.807, 2.05) is 11.6 Å². The second-order valence-corrected chi connectivity index (χ2v) is 6.02. The standard InChI is InChI=1S/C13H20N2O2S/c1-2-3-13(12(16)17)4-7-15(8-5-13)10-11-14-6-9-18-11/h6,9H,2-5,7-8,10H2,1H3,(H,16,17). The van der Waals surface area contributed by atoms with Gasteiger partial charge >= 0.3 is 5.97 Å². The van der Waals surface area contributed by atoms with Gasteiger partial charge in [-0.1, -0.05) is 13.3 Å². The fourth-order valence-electron chi connectivity index (χ4n) is 2.71. The summed E-state index contributed by atoms with van der Waals surface area (Å²) in [7, 11) is 0. The second-order valence-electron chi connectivity index (χ2n) is 5.04. The first-order chi connectivity index (χ1) is 8.66. The second kappa shape index (κ2) is 5.80. The monoisotopic (exact) mass is 268 g/mol. The number of carbonyl (C=O) groups is 1. The minimum atomic E-state index is -0.613. The van der Waals surface area contributed by atoms with E-state index in [-0.39, 0.29) is 0 Å². The third kappa shape index (κ3) is 2.90. The van der Waals surface area contributed by atoms with Gasteiger partial charge in [0.15, 0.2) is 0 Å². The Balaban J connectivity index is 1.91. The van der Waals surface area contributed by atoms with E-state index >= 15 is 0 Å². The first kappa shape index (κ1) is 13.5. The molecular weight excluding hydrogens is 248 g/mol. The van der Waals surface area contributed by atoms with Crippen molar-refractivity contribution in [2.45, 2.75) is 39.2 Å². The molecule has 4 nitrogen and oxygen atoms in total. The van der Waals surface area contributed by atoms with Gasteiger partial charge in [-0.15, -0.1) is 11.3 Å². The lowest BCUT2D eigenvalue weighted by Crippen LogP contribution is -2.44. The predicted octanol–water partition coefficient (Wildman–Crippen LogP) is 2.61. The maximum Gasteiger partial charge on any atom is 0.309 e. The van der Waals surface area contributed by atoms with Gasteiger partial charge in [-0.25, -0.2) is 4.98 Å². The molecule has 1 N–H and O–H groups in total. The van der Waals surface area contributed by atoms with Crippen molar-refractivity contribution in [2.75, 3.05) is 13.1 Å². The molecule has 0 spiro atoms. The number of carboxylic acids is 1. The number of likely N-dealkylation sites (tertiary alicyclic amines) is 1. The summed E-state index contributed by atoms with van der Waals surface area (Å²) < 4.78 is 0. The van der Waals surface area contributed by atoms with Crippen LogP contribution in [0.5, 0.6) is 0 Å². The van der Waals surface area contributed by atoms with E-state index in [1.54, 1.807) is 11.3 Å². The zero-order chi connectivity index (χ0) is 13.0. The molecule has 0 saturated carbocycles. The summed E-state index contributed by atoms with van der Waals surface area (Å²) in [5.41, 5.74) is -0.478. The van der Waals surface area contributed by atoms with Crippen LogP contribution in [0.1, 0.15) is 37.6 Å². The third-order valence-electron chi connectivity index (χ3n) is 3.84. The van der Waals surface area contributed by atoms with E-state index in [4.69, 9.17) is 0 Å². The van der Waals surface area contributed by atoms with Crippen molar-refractivity contribution in [3.8, 4) is 0 Å². The highest BCUT2D eigenvalue weighted by molar-refractivity contribution is 7.09. The number of hydrogen-bond acceptors (Lipinski definition) is 4. The van der Waals surface area contributed by atoms with Gasteiger partial charge in [0.05, 0.1) is 12.0 Å². The van der Waals surface area contributed by atoms with E-state index in [2.05, 4.69) is 16.8 Å². The Morgan fingerprint density at radius 3 is 2.78 bits per heavy atom. The Bertz CT molecular complexity index is 384. The van der Waals surface area contributed by atoms with Crippen molar-refractivity contribution in [1.29, 1.82) is 0 Å². The van der Waals surface area contributed by atoms with Gasteiger partial charge in [-0.2, -0.15) is 0 Å². The molecule has 2 heterocycles. The molecule has 1 aromatic heterocycles. The number of rotatable bonds is 5. The number of nitrogens with zero attached hydrogens (tertiary/aromatic N) is 2. The van der Waals surface area contributed by atoms with E-state index in [1.165, 1.54) is 0 Å². The largest absolute Gasteiger partial charge is 0.481 e. The first-order valence-corrected chi connectivity index (χ1v) is 7.38. The maximum absolute atomic E-state index is 11.5. The number of aromatic nitrogens is 1. The highest BCUT2D eigenvalue weighted by Crippen LogP contribution is 2.36. The smallest absolute Gasteiger partial charge is 0.309 e. The van der Waals surface area contributed by atoms with Gasteiger partial charge in [0.2, 0.25) is 0 Å². The lowest BCUT2D eigenvalue weighted by atomic mass is 9.75. The summed E-state index contributed by atoms with van der Waals surface area (Å²) >= 11 is 1.66. The molecule has 1 saturated heterocycles. The topological polar surface area (TPSA) is 53.4 Å². The fraction of sp³-hybridized carbons (Fsp3) is 0.692. The molecule has 0 unspecified atom stereocenters. The normalized spacial score (nSPS) is 19.8. The van der Waals surface area contributed by atoms with Crippen molar-refractivity contribution in [2.24, 2.45) is 5.41 Å². The molecule has 0 radical (unpaired) electrons. The molecule has 1 aliphatic heterocycles. The van der Waals surface area contributed by atoms with E-state index in [0.29, 0.717) is 0 Å². The minimum absolute atomic E-state index is 0.478. The van der Waals surface area contributed by atoms with Crippen LogP contribution in [0, 0.1) is 5.41 Å². The Morgan fingerprint density at radius 1 is 1.56 bits per heavy atom. The average Bonchev–Trinajstić information content (AvgIpc) is 2.85. The third-order valence-corrected chi connectivity index (χ3v) is 4.60. The quantitative estimate of drug-likeness (QED) is 0.892. The zero-order valence-electron chi connectivity index (χ0n) is 10.8. The van der Waals surface area contributed by atoms with Gasteiger partial charge < -0.3 is 5.11 Å². The van der Waals surface area contributed by atoms with Crippen LogP contribution in [0.2, 0.25) is 0 Å². The summed E-state index contributed by atoms with van der Waals surface area (Å²) in [6, 6.07) is 0. The number of thiazole rings is 1. The van der Waals surface area contributed by atoms with Crippen LogP contribution in [0.25, 0.3) is 0 Å². The van der Waals surface area contributed by atoms with Crippen molar-refractivity contribution in [3.05, 3.63) is 16.6 Å². The molecule has 1 fully saturated rings. The Kier molecular flexibility index (Phi) is 4.35. The molecule has 1 aromatic rings. The van der Waals surface area contributed by atoms with Crippen LogP contribution in [-0.2, 0) is 11.3 Å².